The molecule has 0 aromatic heterocycles. The summed E-state index contributed by atoms with van der Waals surface area (Å²) in [5.74, 6) is 0. The molecule has 5 nitrogen and oxygen atoms in total. The third-order valence-corrected chi connectivity index (χ3v) is 5.30. The van der Waals surface area contributed by atoms with Gasteiger partial charge in [-0.1, -0.05) is 25.7 Å². The van der Waals surface area contributed by atoms with Gasteiger partial charge in [0.1, 0.15) is 12.2 Å². The van der Waals surface area contributed by atoms with Gasteiger partial charge in [-0.3, -0.25) is 0 Å². The molecule has 0 aliphatic carbocycles. The Hall–Kier alpha value is 0.0169. The van der Waals surface area contributed by atoms with Crippen molar-refractivity contribution in [2.45, 2.75) is 56.0 Å². The summed E-state index contributed by atoms with van der Waals surface area (Å²) in [5.41, 5.74) is -0.876. The van der Waals surface area contributed by atoms with Crippen molar-refractivity contribution in [3.8, 4) is 0 Å². The minimum absolute atomic E-state index is 0.199. The lowest BCUT2D eigenvalue weighted by Crippen LogP contribution is -2.69. The van der Waals surface area contributed by atoms with Crippen LogP contribution in [0.4, 0.5) is 0 Å². The monoisotopic (exact) mass is 263 g/mol. The average molecular weight is 263 g/mol. The van der Waals surface area contributed by atoms with E-state index in [1.165, 1.54) is 0 Å². The molecular weight excluding hydrogens is 238 g/mol. The molecule has 102 valence electrons. The third kappa shape index (κ3) is 3.49. The molecule has 0 amide bonds. The molecule has 0 saturated carbocycles. The molecule has 0 radical (unpaired) electrons. The highest BCUT2D eigenvalue weighted by Crippen LogP contribution is 2.28. The number of hydrogen-bond donors (Lipinski definition) is 5. The van der Waals surface area contributed by atoms with Gasteiger partial charge in [0.05, 0.1) is 18.2 Å². The summed E-state index contributed by atoms with van der Waals surface area (Å²) < 4.78 is 0. The number of β-amino-alcohol motifs (C(OH)–C–C–N with tert-alkyl or cyclic N) is 1. The molecule has 6 heteroatoms. The Labute approximate surface area is 103 Å². The van der Waals surface area contributed by atoms with Gasteiger partial charge in [0.25, 0.3) is 0 Å². The predicted octanol–water partition coefficient (Wildman–Crippen LogP) is -0.868. The van der Waals surface area contributed by atoms with Crippen LogP contribution in [0.5, 0.6) is 0 Å². The van der Waals surface area contributed by atoms with E-state index in [0.717, 1.165) is 6.04 Å². The van der Waals surface area contributed by atoms with Gasteiger partial charge in [0.15, 0.2) is 0 Å². The van der Waals surface area contributed by atoms with Crippen LogP contribution in [0.2, 0.25) is 25.7 Å². The van der Waals surface area contributed by atoms with E-state index in [-0.39, 0.29) is 13.2 Å². The first-order valence-electron chi connectivity index (χ1n) is 6.12. The SMILES string of the molecule is C[Si](C)(C)CC[C@]1(CO)NC[C@H](O)[C@@H](O)[C@@H]1O. The van der Waals surface area contributed by atoms with Gasteiger partial charge in [-0.15, -0.1) is 0 Å². The topological polar surface area (TPSA) is 93.0 Å². The van der Waals surface area contributed by atoms with E-state index in [0.29, 0.717) is 6.42 Å². The molecule has 17 heavy (non-hydrogen) atoms. The second-order valence-electron chi connectivity index (χ2n) is 6.26. The molecular formula is C11H25NO4Si. The van der Waals surface area contributed by atoms with Crippen LogP contribution in [-0.4, -0.2) is 65.5 Å². The summed E-state index contributed by atoms with van der Waals surface area (Å²) in [5, 5.41) is 41.7. The molecule has 0 unspecified atom stereocenters. The highest BCUT2D eigenvalue weighted by Gasteiger charge is 2.47. The predicted molar refractivity (Wildman–Crippen MR) is 68.6 cm³/mol. The highest BCUT2D eigenvalue weighted by atomic mass is 28.3. The average Bonchev–Trinajstić information content (AvgIpc) is 2.25. The van der Waals surface area contributed by atoms with Gasteiger partial charge in [-0.25, -0.2) is 0 Å². The van der Waals surface area contributed by atoms with Crippen molar-refractivity contribution >= 4 is 8.07 Å². The van der Waals surface area contributed by atoms with Gasteiger partial charge >= 0.3 is 0 Å². The van der Waals surface area contributed by atoms with Crippen molar-refractivity contribution in [1.29, 1.82) is 0 Å². The summed E-state index contributed by atoms with van der Waals surface area (Å²) in [6.45, 7) is 6.63. The highest BCUT2D eigenvalue weighted by molar-refractivity contribution is 6.76. The lowest BCUT2D eigenvalue weighted by atomic mass is 9.81. The molecule has 0 aromatic rings. The van der Waals surface area contributed by atoms with Gasteiger partial charge < -0.3 is 25.7 Å². The van der Waals surface area contributed by atoms with E-state index in [1.54, 1.807) is 0 Å². The van der Waals surface area contributed by atoms with Gasteiger partial charge in [0.2, 0.25) is 0 Å². The summed E-state index contributed by atoms with van der Waals surface area (Å²) in [6, 6.07) is 0.945. The zero-order chi connectivity index (χ0) is 13.3. The van der Waals surface area contributed by atoms with Crippen molar-refractivity contribution < 1.29 is 20.4 Å². The molecule has 1 aliphatic rings. The lowest BCUT2D eigenvalue weighted by molar-refractivity contribution is -0.134. The molecule has 0 bridgehead atoms. The Morgan fingerprint density at radius 1 is 1.24 bits per heavy atom. The number of nitrogens with one attached hydrogen (secondary N) is 1. The molecule has 1 heterocycles. The quantitative estimate of drug-likeness (QED) is 0.425. The summed E-state index contributed by atoms with van der Waals surface area (Å²) in [6.07, 6.45) is -2.68. The minimum Gasteiger partial charge on any atom is -0.394 e. The van der Waals surface area contributed by atoms with E-state index < -0.39 is 31.9 Å². The maximum atomic E-state index is 10.0. The summed E-state index contributed by atoms with van der Waals surface area (Å²) in [4.78, 5) is 0. The summed E-state index contributed by atoms with van der Waals surface area (Å²) in [7, 11) is -1.28. The van der Waals surface area contributed by atoms with Gasteiger partial charge in [-0.2, -0.15) is 0 Å². The molecule has 5 N–H and O–H groups in total. The van der Waals surface area contributed by atoms with Crippen molar-refractivity contribution in [3.63, 3.8) is 0 Å². The Bertz CT molecular complexity index is 258. The van der Waals surface area contributed by atoms with E-state index in [2.05, 4.69) is 25.0 Å². The Balaban J connectivity index is 2.74. The van der Waals surface area contributed by atoms with Crippen LogP contribution in [0.25, 0.3) is 0 Å². The molecule has 1 fully saturated rings. The first-order chi connectivity index (χ1) is 7.72. The standard InChI is InChI=1S/C11H25NO4Si/c1-17(2,3)5-4-11(7-13)10(16)9(15)8(14)6-12-11/h8-10,12-16H,4-7H2,1-3H3/t8-,9+,10-,11+/m0/s1. The fourth-order valence-electron chi connectivity index (χ4n) is 2.13. The first kappa shape index (κ1) is 15.1. The molecule has 1 saturated heterocycles. The number of aliphatic hydroxyl groups excluding tert-OH is 4. The maximum absolute atomic E-state index is 10.0. The molecule has 1 rings (SSSR count). The normalized spacial score (nSPS) is 39.4. The van der Waals surface area contributed by atoms with Gasteiger partial charge in [-0.05, 0) is 6.42 Å². The zero-order valence-electron chi connectivity index (χ0n) is 10.8. The van der Waals surface area contributed by atoms with E-state index in [4.69, 9.17) is 0 Å². The van der Waals surface area contributed by atoms with Crippen LogP contribution in [0.1, 0.15) is 6.42 Å². The lowest BCUT2D eigenvalue weighted by Gasteiger charge is -2.46. The van der Waals surface area contributed by atoms with E-state index in [1.807, 2.05) is 0 Å². The Morgan fingerprint density at radius 2 is 1.82 bits per heavy atom. The van der Waals surface area contributed by atoms with Crippen LogP contribution in [-0.2, 0) is 0 Å². The number of aliphatic hydroxyl groups is 4. The van der Waals surface area contributed by atoms with Crippen LogP contribution >= 0.6 is 0 Å². The smallest absolute Gasteiger partial charge is 0.109 e. The van der Waals surface area contributed by atoms with Crippen molar-refractivity contribution in [2.24, 2.45) is 0 Å². The van der Waals surface area contributed by atoms with E-state index in [9.17, 15) is 20.4 Å². The first-order valence-corrected chi connectivity index (χ1v) is 9.83. The van der Waals surface area contributed by atoms with Crippen LogP contribution in [0.3, 0.4) is 0 Å². The third-order valence-electron chi connectivity index (χ3n) is 3.55. The largest absolute Gasteiger partial charge is 0.394 e. The maximum Gasteiger partial charge on any atom is 0.109 e. The molecule has 1 aliphatic heterocycles. The van der Waals surface area contributed by atoms with Crippen LogP contribution < -0.4 is 5.32 Å². The molecule has 4 atom stereocenters. The van der Waals surface area contributed by atoms with Gasteiger partial charge in [0, 0.05) is 14.6 Å². The fraction of sp³-hybridized carbons (Fsp3) is 1.00. The van der Waals surface area contributed by atoms with Crippen molar-refractivity contribution in [3.05, 3.63) is 0 Å². The minimum atomic E-state index is -1.28. The zero-order valence-corrected chi connectivity index (χ0v) is 11.8. The number of hydrogen-bond acceptors (Lipinski definition) is 5. The summed E-state index contributed by atoms with van der Waals surface area (Å²) >= 11 is 0. The fourth-order valence-corrected chi connectivity index (χ4v) is 3.33. The molecule has 0 spiro atoms. The molecule has 0 aromatic carbocycles. The number of piperidine rings is 1. The Kier molecular flexibility index (Phi) is 4.73. The van der Waals surface area contributed by atoms with Crippen LogP contribution in [0.15, 0.2) is 0 Å². The second-order valence-corrected chi connectivity index (χ2v) is 11.9. The van der Waals surface area contributed by atoms with Crippen LogP contribution in [0, 0.1) is 0 Å². The Morgan fingerprint density at radius 3 is 2.29 bits per heavy atom. The number of rotatable bonds is 4. The van der Waals surface area contributed by atoms with E-state index >= 15 is 0 Å². The van der Waals surface area contributed by atoms with Crippen molar-refractivity contribution in [2.75, 3.05) is 13.2 Å². The van der Waals surface area contributed by atoms with Crippen molar-refractivity contribution in [1.82, 2.24) is 5.32 Å². The second kappa shape index (κ2) is 5.34.